The summed E-state index contributed by atoms with van der Waals surface area (Å²) in [4.78, 5) is 54.0. The minimum absolute atomic E-state index is 0.0151. The molecule has 162 valence electrons. The van der Waals surface area contributed by atoms with Gasteiger partial charge in [0.2, 0.25) is 17.7 Å². The Hall–Kier alpha value is -1.96. The lowest BCUT2D eigenvalue weighted by atomic mass is 9.81. The van der Waals surface area contributed by atoms with Gasteiger partial charge in [-0.25, -0.2) is 0 Å². The Morgan fingerprint density at radius 1 is 1.03 bits per heavy atom. The number of nitrogens with zero attached hydrogens (tertiary/aromatic N) is 2. The van der Waals surface area contributed by atoms with Gasteiger partial charge in [-0.2, -0.15) is 0 Å². The zero-order valence-electron chi connectivity index (χ0n) is 18.0. The summed E-state index contributed by atoms with van der Waals surface area (Å²) in [5.74, 6) is -0.452. The second-order valence-corrected chi connectivity index (χ2v) is 9.68. The summed E-state index contributed by atoms with van der Waals surface area (Å²) in [7, 11) is 0. The number of carbonyl (C=O) groups is 4. The second kappa shape index (κ2) is 8.81. The molecule has 2 aliphatic heterocycles. The van der Waals surface area contributed by atoms with Crippen LogP contribution >= 0.6 is 0 Å². The van der Waals surface area contributed by atoms with Crippen LogP contribution in [-0.4, -0.2) is 78.2 Å². The predicted octanol–water partition coefficient (Wildman–Crippen LogP) is -0.806. The average molecular weight is 408 g/mol. The number of nitrogens with one attached hydrogen (secondary N) is 2. The van der Waals surface area contributed by atoms with Gasteiger partial charge in [-0.1, -0.05) is 12.8 Å². The van der Waals surface area contributed by atoms with Gasteiger partial charge in [0.05, 0.1) is 38.0 Å². The van der Waals surface area contributed by atoms with Gasteiger partial charge in [-0.3, -0.25) is 24.1 Å². The van der Waals surface area contributed by atoms with Gasteiger partial charge < -0.3 is 15.1 Å². The molecule has 0 radical (unpaired) electrons. The van der Waals surface area contributed by atoms with E-state index in [1.807, 2.05) is 20.8 Å². The highest BCUT2D eigenvalue weighted by atomic mass is 16.2. The minimum atomic E-state index is -0.240. The molecule has 3 aliphatic rings. The number of piperazine rings is 1. The summed E-state index contributed by atoms with van der Waals surface area (Å²) in [6, 6.07) is 0. The first-order valence-electron chi connectivity index (χ1n) is 10.9. The number of carbonyl (C=O) groups excluding carboxylic acids is 4. The number of hydrogen-bond donors (Lipinski definition) is 2. The van der Waals surface area contributed by atoms with E-state index in [-0.39, 0.29) is 54.0 Å². The van der Waals surface area contributed by atoms with E-state index in [0.717, 1.165) is 38.8 Å². The van der Waals surface area contributed by atoms with E-state index in [0.29, 0.717) is 19.6 Å². The molecule has 2 N–H and O–H groups in total. The number of fused-ring (bicyclic) bond motifs is 1. The third kappa shape index (κ3) is 5.35. The highest BCUT2D eigenvalue weighted by molar-refractivity contribution is 6.05. The monoisotopic (exact) mass is 407 g/mol. The molecule has 3 fully saturated rings. The van der Waals surface area contributed by atoms with Gasteiger partial charge in [-0.15, -0.1) is 0 Å². The van der Waals surface area contributed by atoms with Gasteiger partial charge in [0, 0.05) is 18.5 Å². The van der Waals surface area contributed by atoms with Crippen molar-refractivity contribution in [2.24, 2.45) is 11.8 Å². The fourth-order valence-corrected chi connectivity index (χ4v) is 4.76. The van der Waals surface area contributed by atoms with Crippen molar-refractivity contribution >= 4 is 23.6 Å². The molecule has 0 aromatic carbocycles. The summed E-state index contributed by atoms with van der Waals surface area (Å²) >= 11 is 0. The lowest BCUT2D eigenvalue weighted by Gasteiger charge is -2.32. The van der Waals surface area contributed by atoms with Crippen LogP contribution in [-0.2, 0) is 19.2 Å². The van der Waals surface area contributed by atoms with Gasteiger partial charge in [0.25, 0.3) is 5.91 Å². The Balaban J connectivity index is 1.42. The van der Waals surface area contributed by atoms with Crippen LogP contribution in [0.4, 0.5) is 0 Å². The smallest absolute Gasteiger partial charge is 0.275 e. The first-order chi connectivity index (χ1) is 13.7. The lowest BCUT2D eigenvalue weighted by molar-refractivity contribution is -0.896. The van der Waals surface area contributed by atoms with Crippen molar-refractivity contribution in [2.45, 2.75) is 58.4 Å². The topological polar surface area (TPSA) is 91.2 Å². The maximum atomic E-state index is 12.6. The molecule has 0 aromatic heterocycles. The van der Waals surface area contributed by atoms with Crippen LogP contribution in [0.5, 0.6) is 0 Å². The van der Waals surface area contributed by atoms with Crippen LogP contribution in [0.2, 0.25) is 0 Å². The Morgan fingerprint density at radius 3 is 2.10 bits per heavy atom. The third-order valence-corrected chi connectivity index (χ3v) is 6.23. The van der Waals surface area contributed by atoms with Crippen LogP contribution < -0.4 is 10.2 Å². The molecule has 1 aliphatic carbocycles. The first kappa shape index (κ1) is 21.7. The zero-order valence-corrected chi connectivity index (χ0v) is 18.0. The number of amides is 4. The third-order valence-electron chi connectivity index (χ3n) is 6.23. The largest absolute Gasteiger partial charge is 0.347 e. The molecule has 0 unspecified atom stereocenters. The highest BCUT2D eigenvalue weighted by Gasteiger charge is 2.47. The van der Waals surface area contributed by atoms with E-state index in [1.165, 1.54) is 9.80 Å². The molecule has 0 spiro atoms. The number of rotatable bonds is 5. The Morgan fingerprint density at radius 2 is 1.59 bits per heavy atom. The predicted molar refractivity (Wildman–Crippen MR) is 107 cm³/mol. The molecule has 0 bridgehead atoms. The number of imide groups is 1. The van der Waals surface area contributed by atoms with Crippen LogP contribution in [0.1, 0.15) is 52.9 Å². The van der Waals surface area contributed by atoms with E-state index in [4.69, 9.17) is 0 Å². The van der Waals surface area contributed by atoms with E-state index >= 15 is 0 Å². The lowest BCUT2D eigenvalue weighted by Crippen LogP contribution is -3.16. The van der Waals surface area contributed by atoms with Crippen LogP contribution in [0, 0.1) is 11.8 Å². The summed E-state index contributed by atoms with van der Waals surface area (Å²) in [6.45, 7) is 9.16. The van der Waals surface area contributed by atoms with Crippen LogP contribution in [0.15, 0.2) is 0 Å². The second-order valence-electron chi connectivity index (χ2n) is 9.68. The molecule has 2 saturated heterocycles. The molecule has 3 rings (SSSR count). The number of likely N-dealkylation sites (tertiary alicyclic amines) is 1. The van der Waals surface area contributed by atoms with Gasteiger partial charge in [0.15, 0.2) is 6.54 Å². The van der Waals surface area contributed by atoms with Crippen molar-refractivity contribution in [2.75, 3.05) is 39.3 Å². The van der Waals surface area contributed by atoms with Crippen molar-refractivity contribution in [1.82, 2.24) is 15.1 Å². The number of hydrogen-bond acceptors (Lipinski definition) is 4. The van der Waals surface area contributed by atoms with E-state index in [9.17, 15) is 19.2 Å². The molecule has 0 aromatic rings. The standard InChI is InChI=1S/C21H34N4O4/c1-21(2,3)22-17(26)14-23-10-12-24(13-11-23)18(27)8-9-25-19(28)15-6-4-5-7-16(15)20(25)29/h15-16H,4-14H2,1-3H3,(H,22,26)/p+1/t15-,16-/m1/s1. The first-order valence-corrected chi connectivity index (χ1v) is 10.9. The van der Waals surface area contributed by atoms with Crippen LogP contribution in [0.3, 0.4) is 0 Å². The summed E-state index contributed by atoms with van der Waals surface area (Å²) in [6.07, 6.45) is 3.80. The highest BCUT2D eigenvalue weighted by Crippen LogP contribution is 2.37. The molecule has 2 heterocycles. The van der Waals surface area contributed by atoms with Crippen LogP contribution in [0.25, 0.3) is 0 Å². The molecule has 4 amide bonds. The molecular formula is C21H35N4O4+. The maximum Gasteiger partial charge on any atom is 0.275 e. The fourth-order valence-electron chi connectivity index (χ4n) is 4.76. The van der Waals surface area contributed by atoms with E-state index in [1.54, 1.807) is 4.90 Å². The van der Waals surface area contributed by atoms with Crippen molar-refractivity contribution in [3.05, 3.63) is 0 Å². The molecule has 29 heavy (non-hydrogen) atoms. The van der Waals surface area contributed by atoms with Crippen molar-refractivity contribution in [3.63, 3.8) is 0 Å². The van der Waals surface area contributed by atoms with Gasteiger partial charge in [-0.05, 0) is 33.6 Å². The van der Waals surface area contributed by atoms with Gasteiger partial charge in [0.1, 0.15) is 0 Å². The Kier molecular flexibility index (Phi) is 6.61. The zero-order chi connectivity index (χ0) is 21.2. The number of quaternary nitrogens is 1. The quantitative estimate of drug-likeness (QED) is 0.584. The van der Waals surface area contributed by atoms with Gasteiger partial charge >= 0.3 is 0 Å². The average Bonchev–Trinajstić information content (AvgIpc) is 2.90. The Labute approximate surface area is 172 Å². The molecule has 1 saturated carbocycles. The fraction of sp³-hybridized carbons (Fsp3) is 0.810. The summed E-state index contributed by atoms with van der Waals surface area (Å²) in [5.41, 5.74) is -0.240. The van der Waals surface area contributed by atoms with Crippen molar-refractivity contribution in [3.8, 4) is 0 Å². The maximum absolute atomic E-state index is 12.6. The molecular weight excluding hydrogens is 372 g/mol. The van der Waals surface area contributed by atoms with E-state index in [2.05, 4.69) is 5.32 Å². The molecule has 8 heteroatoms. The SMILES string of the molecule is CC(C)(C)NC(=O)C[NH+]1CCN(C(=O)CCN2C(=O)[C@@H]3CCCC[C@H]3C2=O)CC1. The van der Waals surface area contributed by atoms with Crippen molar-refractivity contribution < 1.29 is 24.1 Å². The van der Waals surface area contributed by atoms with Crippen molar-refractivity contribution in [1.29, 1.82) is 0 Å². The molecule has 2 atom stereocenters. The summed E-state index contributed by atoms with van der Waals surface area (Å²) < 4.78 is 0. The summed E-state index contributed by atoms with van der Waals surface area (Å²) in [5, 5.41) is 2.97. The van der Waals surface area contributed by atoms with E-state index < -0.39 is 0 Å². The Bertz CT molecular complexity index is 640. The minimum Gasteiger partial charge on any atom is -0.347 e. The molecule has 8 nitrogen and oxygen atoms in total. The normalized spacial score (nSPS) is 25.9.